The number of rotatable bonds is 8. The summed E-state index contributed by atoms with van der Waals surface area (Å²) in [5.41, 5.74) is 0.544. The number of hydrogen-bond acceptors (Lipinski definition) is 8. The van der Waals surface area contributed by atoms with Crippen LogP contribution in [-0.2, 0) is 14.3 Å². The maximum Gasteiger partial charge on any atom is 0.340 e. The molecule has 3 heterocycles. The molecule has 0 fully saturated rings. The summed E-state index contributed by atoms with van der Waals surface area (Å²) in [5.74, 6) is -1.87. The average Bonchev–Trinajstić information content (AvgIpc) is 3.57. The third-order valence-electron chi connectivity index (χ3n) is 4.96. The number of benzene rings is 1. The summed E-state index contributed by atoms with van der Waals surface area (Å²) in [6.45, 7) is 1.40. The fourth-order valence-corrected chi connectivity index (χ4v) is 4.21. The van der Waals surface area contributed by atoms with Gasteiger partial charge >= 0.3 is 18.0 Å². The molecule has 4 rings (SSSR count). The Balaban J connectivity index is 1.57. The Morgan fingerprint density at radius 3 is 2.60 bits per heavy atom. The molecule has 0 saturated heterocycles. The minimum Gasteiger partial charge on any atom is -0.463 e. The van der Waals surface area contributed by atoms with E-state index in [2.05, 4.69) is 16.0 Å². The Hall–Kier alpha value is -4.38. The highest BCUT2D eigenvalue weighted by atomic mass is 32.1. The number of anilines is 1. The van der Waals surface area contributed by atoms with Gasteiger partial charge in [-0.2, -0.15) is 0 Å². The lowest BCUT2D eigenvalue weighted by Crippen LogP contribution is -2.46. The monoisotopic (exact) mass is 495 g/mol. The first kappa shape index (κ1) is 23.8. The average molecular weight is 496 g/mol. The Labute approximate surface area is 203 Å². The minimum absolute atomic E-state index is 0.0782. The number of furan rings is 1. The van der Waals surface area contributed by atoms with E-state index in [0.717, 1.165) is 4.88 Å². The minimum atomic E-state index is -0.767. The third kappa shape index (κ3) is 5.41. The predicted octanol–water partition coefficient (Wildman–Crippen LogP) is 3.62. The van der Waals surface area contributed by atoms with Crippen molar-refractivity contribution in [1.82, 2.24) is 10.6 Å². The molecule has 0 radical (unpaired) electrons. The first-order chi connectivity index (χ1) is 17.0. The van der Waals surface area contributed by atoms with Crippen molar-refractivity contribution >= 4 is 40.9 Å². The Bertz CT molecular complexity index is 1270. The number of esters is 2. The second-order valence-electron chi connectivity index (χ2n) is 7.21. The molecule has 3 N–H and O–H groups in total. The lowest BCUT2D eigenvalue weighted by molar-refractivity contribution is -0.139. The molecule has 0 bridgehead atoms. The van der Waals surface area contributed by atoms with E-state index in [1.807, 2.05) is 5.38 Å². The second kappa shape index (κ2) is 10.7. The maximum atomic E-state index is 12.9. The van der Waals surface area contributed by atoms with Crippen molar-refractivity contribution in [3.8, 4) is 0 Å². The van der Waals surface area contributed by atoms with Crippen molar-refractivity contribution in [2.45, 2.75) is 13.0 Å². The van der Waals surface area contributed by atoms with Gasteiger partial charge in [-0.25, -0.2) is 14.4 Å². The Morgan fingerprint density at radius 2 is 1.89 bits per heavy atom. The highest BCUT2D eigenvalue weighted by Gasteiger charge is 2.35. The molecule has 2 aromatic heterocycles. The van der Waals surface area contributed by atoms with Crippen molar-refractivity contribution in [2.24, 2.45) is 0 Å². The highest BCUT2D eigenvalue weighted by molar-refractivity contribution is 7.10. The molecule has 11 heteroatoms. The molecule has 10 nitrogen and oxygen atoms in total. The second-order valence-corrected chi connectivity index (χ2v) is 8.19. The van der Waals surface area contributed by atoms with Crippen LogP contribution in [0.5, 0.6) is 0 Å². The van der Waals surface area contributed by atoms with Gasteiger partial charge in [0.25, 0.3) is 5.91 Å². The fourth-order valence-electron chi connectivity index (χ4n) is 3.43. The standard InChI is InChI=1S/C24H21N3O7S/c1-2-32-23(30)19-16(26-24(31)27-20(19)18-10-6-12-35-18)13-34-22(29)14-7-3-4-8-15(14)25-21(28)17-9-5-11-33-17/h3-12,20H,2,13H2,1H3,(H,25,28)(H2,26,27,31). The molecule has 0 aliphatic carbocycles. The summed E-state index contributed by atoms with van der Waals surface area (Å²) in [6, 6.07) is 11.6. The van der Waals surface area contributed by atoms with Gasteiger partial charge in [0.1, 0.15) is 6.61 Å². The topological polar surface area (TPSA) is 136 Å². The predicted molar refractivity (Wildman–Crippen MR) is 126 cm³/mol. The van der Waals surface area contributed by atoms with Gasteiger partial charge in [0, 0.05) is 4.88 Å². The molecule has 0 saturated carbocycles. The van der Waals surface area contributed by atoms with Gasteiger partial charge < -0.3 is 29.8 Å². The van der Waals surface area contributed by atoms with Crippen LogP contribution in [0.1, 0.15) is 38.8 Å². The summed E-state index contributed by atoms with van der Waals surface area (Å²) in [6.07, 6.45) is 1.36. The first-order valence-corrected chi connectivity index (χ1v) is 11.5. The van der Waals surface area contributed by atoms with Gasteiger partial charge in [-0.05, 0) is 42.6 Å². The number of ether oxygens (including phenoxy) is 2. The lowest BCUT2D eigenvalue weighted by Gasteiger charge is -2.28. The molecular weight excluding hydrogens is 474 g/mol. The molecule has 180 valence electrons. The van der Waals surface area contributed by atoms with Gasteiger partial charge in [-0.3, -0.25) is 4.79 Å². The Morgan fingerprint density at radius 1 is 1.06 bits per heavy atom. The number of carbonyl (C=O) groups excluding carboxylic acids is 4. The summed E-state index contributed by atoms with van der Waals surface area (Å²) in [4.78, 5) is 51.0. The van der Waals surface area contributed by atoms with Crippen molar-refractivity contribution in [1.29, 1.82) is 0 Å². The number of carbonyl (C=O) groups is 4. The molecule has 35 heavy (non-hydrogen) atoms. The van der Waals surface area contributed by atoms with Gasteiger partial charge in [0.2, 0.25) is 0 Å². The molecule has 1 unspecified atom stereocenters. The highest BCUT2D eigenvalue weighted by Crippen LogP contribution is 2.31. The van der Waals surface area contributed by atoms with E-state index in [4.69, 9.17) is 13.9 Å². The van der Waals surface area contributed by atoms with Gasteiger partial charge in [-0.1, -0.05) is 18.2 Å². The number of hydrogen-bond donors (Lipinski definition) is 3. The summed E-state index contributed by atoms with van der Waals surface area (Å²) in [5, 5.41) is 9.68. The zero-order valence-electron chi connectivity index (χ0n) is 18.5. The van der Waals surface area contributed by atoms with Crippen molar-refractivity contribution < 1.29 is 33.1 Å². The van der Waals surface area contributed by atoms with Crippen LogP contribution < -0.4 is 16.0 Å². The van der Waals surface area contributed by atoms with E-state index < -0.39 is 36.5 Å². The summed E-state index contributed by atoms with van der Waals surface area (Å²) >= 11 is 1.36. The van der Waals surface area contributed by atoms with Crippen molar-refractivity contribution in [2.75, 3.05) is 18.5 Å². The summed E-state index contributed by atoms with van der Waals surface area (Å²) in [7, 11) is 0. The molecule has 3 amide bonds. The normalized spacial score (nSPS) is 15.1. The first-order valence-electron chi connectivity index (χ1n) is 10.6. The van der Waals surface area contributed by atoms with Crippen LogP contribution in [0.4, 0.5) is 10.5 Å². The quantitative estimate of drug-likeness (QED) is 0.406. The van der Waals surface area contributed by atoms with Crippen molar-refractivity contribution in [3.63, 3.8) is 0 Å². The van der Waals surface area contributed by atoms with Crippen LogP contribution >= 0.6 is 11.3 Å². The zero-order valence-corrected chi connectivity index (χ0v) is 19.3. The molecule has 1 atom stereocenters. The van der Waals surface area contributed by atoms with E-state index in [0.29, 0.717) is 0 Å². The van der Waals surface area contributed by atoms with Crippen LogP contribution in [0, 0.1) is 0 Å². The van der Waals surface area contributed by atoms with Crippen LogP contribution in [0.15, 0.2) is 75.9 Å². The number of nitrogens with one attached hydrogen (secondary N) is 3. The van der Waals surface area contributed by atoms with Crippen LogP contribution in [0.3, 0.4) is 0 Å². The zero-order chi connectivity index (χ0) is 24.8. The smallest absolute Gasteiger partial charge is 0.340 e. The largest absolute Gasteiger partial charge is 0.463 e. The Kier molecular flexibility index (Phi) is 7.27. The van der Waals surface area contributed by atoms with E-state index >= 15 is 0 Å². The van der Waals surface area contributed by atoms with Gasteiger partial charge in [0.05, 0.1) is 41.4 Å². The molecular formula is C24H21N3O7S. The van der Waals surface area contributed by atoms with Gasteiger partial charge in [-0.15, -0.1) is 11.3 Å². The van der Waals surface area contributed by atoms with E-state index in [1.54, 1.807) is 43.3 Å². The lowest BCUT2D eigenvalue weighted by atomic mass is 10.0. The van der Waals surface area contributed by atoms with E-state index in [9.17, 15) is 19.2 Å². The van der Waals surface area contributed by atoms with Crippen LogP contribution in [0.2, 0.25) is 0 Å². The van der Waals surface area contributed by atoms with Crippen LogP contribution in [-0.4, -0.2) is 37.1 Å². The number of urea groups is 1. The number of para-hydroxylation sites is 1. The molecule has 1 aliphatic heterocycles. The maximum absolute atomic E-state index is 12.9. The fraction of sp³-hybridized carbons (Fsp3) is 0.167. The van der Waals surface area contributed by atoms with E-state index in [-0.39, 0.29) is 34.9 Å². The van der Waals surface area contributed by atoms with E-state index in [1.165, 1.54) is 29.7 Å². The molecule has 3 aromatic rings. The number of thiophene rings is 1. The molecule has 1 aliphatic rings. The SMILES string of the molecule is CCOC(=O)C1=C(COC(=O)c2ccccc2NC(=O)c2ccco2)NC(=O)NC1c1cccs1. The van der Waals surface area contributed by atoms with Gasteiger partial charge in [0.15, 0.2) is 5.76 Å². The van der Waals surface area contributed by atoms with Crippen LogP contribution in [0.25, 0.3) is 0 Å². The summed E-state index contributed by atoms with van der Waals surface area (Å²) < 4.78 is 15.7. The third-order valence-corrected chi connectivity index (χ3v) is 5.90. The van der Waals surface area contributed by atoms with Crippen molar-refractivity contribution in [3.05, 3.63) is 87.6 Å². The molecule has 1 aromatic carbocycles. The molecule has 0 spiro atoms. The number of amides is 3.